The van der Waals surface area contributed by atoms with Crippen LogP contribution in [0.1, 0.15) is 73.6 Å². The highest BCUT2D eigenvalue weighted by molar-refractivity contribution is 6.04. The van der Waals surface area contributed by atoms with Gasteiger partial charge in [0.25, 0.3) is 5.69 Å². The van der Waals surface area contributed by atoms with Gasteiger partial charge in [-0.05, 0) is 69.7 Å². The summed E-state index contributed by atoms with van der Waals surface area (Å²) < 4.78 is 4.41. The van der Waals surface area contributed by atoms with Gasteiger partial charge in [-0.25, -0.2) is 4.68 Å². The molecule has 6 rings (SSSR count). The molecule has 9 nitrogen and oxygen atoms in total. The monoisotopic (exact) mass is 472 g/mol. The lowest BCUT2D eigenvalue weighted by Crippen LogP contribution is -2.40. The predicted octanol–water partition coefficient (Wildman–Crippen LogP) is 3.85. The number of rotatable bonds is 5. The molecule has 0 spiro atoms. The third kappa shape index (κ3) is 4.16. The van der Waals surface area contributed by atoms with Crippen molar-refractivity contribution in [3.8, 4) is 5.69 Å². The molecular formula is C26H28N6O3. The van der Waals surface area contributed by atoms with E-state index in [0.717, 1.165) is 54.2 Å². The average molecular weight is 473 g/mol. The van der Waals surface area contributed by atoms with Gasteiger partial charge in [0.1, 0.15) is 0 Å². The zero-order chi connectivity index (χ0) is 24.2. The normalized spacial score (nSPS) is 22.4. The van der Waals surface area contributed by atoms with Crippen molar-refractivity contribution in [1.82, 2.24) is 19.6 Å². The molecule has 4 aromatic rings. The maximum absolute atomic E-state index is 13.2. The number of aliphatic hydroxyl groups is 1. The summed E-state index contributed by atoms with van der Waals surface area (Å²) in [6, 6.07) is 10.9. The minimum Gasteiger partial charge on any atom is -0.618 e. The van der Waals surface area contributed by atoms with Crippen LogP contribution in [0.2, 0.25) is 0 Å². The standard InChI is InChI=1S/C26H28N6O3/c1-26(34)10-8-19(9-11-26)31-16-18-14-21(24(15-20(18)29-31)30-13-3-12-27-30)28-25(33)23-5-2-4-22(32(23)35)17-6-7-17/h2-5,12-17,19,34H,6-11H2,1H3,(H,28,33). The van der Waals surface area contributed by atoms with E-state index < -0.39 is 11.5 Å². The van der Waals surface area contributed by atoms with Crippen molar-refractivity contribution in [2.45, 2.75) is 63.0 Å². The van der Waals surface area contributed by atoms with Crippen molar-refractivity contribution < 1.29 is 14.6 Å². The van der Waals surface area contributed by atoms with Crippen molar-refractivity contribution in [1.29, 1.82) is 0 Å². The molecule has 2 aliphatic carbocycles. The average Bonchev–Trinajstić information content (AvgIpc) is 3.35. The van der Waals surface area contributed by atoms with Gasteiger partial charge in [0.15, 0.2) is 5.69 Å². The number of pyridine rings is 1. The predicted molar refractivity (Wildman–Crippen MR) is 130 cm³/mol. The number of anilines is 1. The molecule has 0 bridgehead atoms. The van der Waals surface area contributed by atoms with Gasteiger partial charge in [-0.2, -0.15) is 14.9 Å². The molecule has 0 atom stereocenters. The lowest BCUT2D eigenvalue weighted by Gasteiger charge is -2.33. The van der Waals surface area contributed by atoms with E-state index in [1.165, 1.54) is 0 Å². The van der Waals surface area contributed by atoms with Gasteiger partial charge in [-0.15, -0.1) is 0 Å². The molecule has 35 heavy (non-hydrogen) atoms. The first-order valence-electron chi connectivity index (χ1n) is 12.2. The van der Waals surface area contributed by atoms with Gasteiger partial charge in [0.2, 0.25) is 0 Å². The van der Waals surface area contributed by atoms with Crippen LogP contribution in [0.4, 0.5) is 5.69 Å². The Bertz CT molecular complexity index is 1390. The molecule has 2 fully saturated rings. The van der Waals surface area contributed by atoms with E-state index in [4.69, 9.17) is 5.10 Å². The molecule has 9 heteroatoms. The second-order valence-corrected chi connectivity index (χ2v) is 10.1. The fourth-order valence-corrected chi connectivity index (χ4v) is 5.00. The Labute approximate surface area is 202 Å². The molecule has 1 amide bonds. The number of carbonyl (C=O) groups excluding carboxylic acids is 1. The van der Waals surface area contributed by atoms with E-state index in [1.54, 1.807) is 35.3 Å². The van der Waals surface area contributed by atoms with Crippen LogP contribution in [0, 0.1) is 5.21 Å². The van der Waals surface area contributed by atoms with E-state index in [0.29, 0.717) is 17.1 Å². The molecule has 3 heterocycles. The van der Waals surface area contributed by atoms with Crippen molar-refractivity contribution in [3.63, 3.8) is 0 Å². The molecule has 2 aliphatic rings. The van der Waals surface area contributed by atoms with Gasteiger partial charge in [-0.3, -0.25) is 9.48 Å². The van der Waals surface area contributed by atoms with Crippen LogP contribution in [0.5, 0.6) is 0 Å². The summed E-state index contributed by atoms with van der Waals surface area (Å²) in [7, 11) is 0. The fourth-order valence-electron chi connectivity index (χ4n) is 5.00. The van der Waals surface area contributed by atoms with E-state index in [2.05, 4.69) is 10.4 Å². The van der Waals surface area contributed by atoms with Crippen LogP contribution in [0.3, 0.4) is 0 Å². The van der Waals surface area contributed by atoms with Gasteiger partial charge < -0.3 is 15.6 Å². The van der Waals surface area contributed by atoms with Crippen molar-refractivity contribution in [3.05, 3.63) is 71.6 Å². The number of hydrogen-bond acceptors (Lipinski definition) is 5. The number of fused-ring (bicyclic) bond motifs is 1. The lowest BCUT2D eigenvalue weighted by molar-refractivity contribution is -0.616. The summed E-state index contributed by atoms with van der Waals surface area (Å²) in [4.78, 5) is 13.2. The molecule has 0 radical (unpaired) electrons. The maximum Gasteiger partial charge on any atom is 0.321 e. The number of hydrogen-bond donors (Lipinski definition) is 2. The smallest absolute Gasteiger partial charge is 0.321 e. The van der Waals surface area contributed by atoms with E-state index in [9.17, 15) is 15.1 Å². The molecule has 0 saturated heterocycles. The Morgan fingerprint density at radius 3 is 2.71 bits per heavy atom. The van der Waals surface area contributed by atoms with Crippen molar-refractivity contribution >= 4 is 22.5 Å². The Hall–Kier alpha value is -3.72. The number of carbonyl (C=O) groups is 1. The second-order valence-electron chi connectivity index (χ2n) is 10.1. The van der Waals surface area contributed by atoms with Crippen LogP contribution in [-0.2, 0) is 0 Å². The Balaban J connectivity index is 1.35. The third-order valence-electron chi connectivity index (χ3n) is 7.25. The summed E-state index contributed by atoms with van der Waals surface area (Å²) >= 11 is 0. The lowest BCUT2D eigenvalue weighted by atomic mass is 9.84. The number of amides is 1. The number of aromatic nitrogens is 5. The van der Waals surface area contributed by atoms with Crippen LogP contribution in [0.15, 0.2) is 55.0 Å². The molecular weight excluding hydrogens is 444 g/mol. The SMILES string of the molecule is CC1(O)CCC(n2cc3cc(NC(=O)c4cccc(C5CC5)[n+]4[O-])c(-n4cccn4)cc3n2)CC1. The number of nitrogens with zero attached hydrogens (tertiary/aromatic N) is 5. The van der Waals surface area contributed by atoms with Gasteiger partial charge in [0, 0.05) is 42.0 Å². The molecule has 180 valence electrons. The maximum atomic E-state index is 13.2. The summed E-state index contributed by atoms with van der Waals surface area (Å²) in [6.45, 7) is 1.89. The van der Waals surface area contributed by atoms with Gasteiger partial charge >= 0.3 is 5.91 Å². The topological polar surface area (TPSA) is 112 Å². The first kappa shape index (κ1) is 21.8. The molecule has 2 saturated carbocycles. The summed E-state index contributed by atoms with van der Waals surface area (Å²) in [5, 5.41) is 36.1. The quantitative estimate of drug-likeness (QED) is 0.338. The highest BCUT2D eigenvalue weighted by Gasteiger charge is 2.33. The van der Waals surface area contributed by atoms with Gasteiger partial charge in [0.05, 0.1) is 28.5 Å². The van der Waals surface area contributed by atoms with Crippen LogP contribution in [-0.4, -0.2) is 36.2 Å². The van der Waals surface area contributed by atoms with E-state index >= 15 is 0 Å². The van der Waals surface area contributed by atoms with Crippen LogP contribution in [0.25, 0.3) is 16.6 Å². The van der Waals surface area contributed by atoms with Crippen molar-refractivity contribution in [2.75, 3.05) is 5.32 Å². The molecule has 2 N–H and O–H groups in total. The van der Waals surface area contributed by atoms with E-state index in [-0.39, 0.29) is 17.7 Å². The number of nitrogens with one attached hydrogen (secondary N) is 1. The van der Waals surface area contributed by atoms with Crippen molar-refractivity contribution in [2.24, 2.45) is 0 Å². The zero-order valence-corrected chi connectivity index (χ0v) is 19.6. The third-order valence-corrected chi connectivity index (χ3v) is 7.25. The minimum atomic E-state index is -0.608. The first-order chi connectivity index (χ1) is 16.9. The zero-order valence-electron chi connectivity index (χ0n) is 19.6. The second kappa shape index (κ2) is 8.20. The Kier molecular flexibility index (Phi) is 5.10. The molecule has 1 aromatic carbocycles. The van der Waals surface area contributed by atoms with Crippen LogP contribution >= 0.6 is 0 Å². The fraction of sp³-hybridized carbons (Fsp3) is 0.385. The number of benzene rings is 1. The Morgan fingerprint density at radius 1 is 1.20 bits per heavy atom. The Morgan fingerprint density at radius 2 is 2.00 bits per heavy atom. The molecule has 3 aromatic heterocycles. The first-order valence-corrected chi connectivity index (χ1v) is 12.2. The summed E-state index contributed by atoms with van der Waals surface area (Å²) in [6.07, 6.45) is 10.6. The largest absolute Gasteiger partial charge is 0.618 e. The summed E-state index contributed by atoms with van der Waals surface area (Å²) in [5.41, 5.74) is 2.13. The highest BCUT2D eigenvalue weighted by Crippen LogP contribution is 2.38. The summed E-state index contributed by atoms with van der Waals surface area (Å²) in [5.74, 6) is -0.220. The molecule has 0 unspecified atom stereocenters. The van der Waals surface area contributed by atoms with Crippen LogP contribution < -0.4 is 10.0 Å². The minimum absolute atomic E-state index is 0.0749. The van der Waals surface area contributed by atoms with E-state index in [1.807, 2.05) is 36.0 Å². The van der Waals surface area contributed by atoms with Gasteiger partial charge in [-0.1, -0.05) is 0 Å². The highest BCUT2D eigenvalue weighted by atomic mass is 16.5. The molecule has 0 aliphatic heterocycles.